The number of aromatic nitrogens is 2. The summed E-state index contributed by atoms with van der Waals surface area (Å²) in [4.78, 5) is 19.5. The number of aliphatic hydroxyl groups is 2. The highest BCUT2D eigenvalue weighted by atomic mass is 16.5. The first-order valence-corrected chi connectivity index (χ1v) is 7.65. The maximum Gasteiger partial charge on any atom is 0.407 e. The summed E-state index contributed by atoms with van der Waals surface area (Å²) in [6, 6.07) is 9.33. The standard InChI is InChI=1S/C17H21N3O4/c1-12-19-9-14(10-20-12)16(22)15(21)7-8-18-17(23)24-11-13-5-3-2-4-6-13/h2-6,9-10,15-16,21-22H,7-8,11H2,1H3,(H,18,23). The molecule has 0 radical (unpaired) electrons. The predicted octanol–water partition coefficient (Wildman–Crippen LogP) is 1.50. The number of carbonyl (C=O) groups excluding carboxylic acids is 1. The average Bonchev–Trinajstić information content (AvgIpc) is 2.61. The highest BCUT2D eigenvalue weighted by molar-refractivity contribution is 5.67. The van der Waals surface area contributed by atoms with Crippen molar-refractivity contribution >= 4 is 6.09 Å². The average molecular weight is 331 g/mol. The Hall–Kier alpha value is -2.51. The molecular weight excluding hydrogens is 310 g/mol. The third-order valence-corrected chi connectivity index (χ3v) is 3.43. The molecule has 0 fully saturated rings. The fourth-order valence-corrected chi connectivity index (χ4v) is 2.03. The Labute approximate surface area is 140 Å². The van der Waals surface area contributed by atoms with E-state index in [1.807, 2.05) is 30.3 Å². The Balaban J connectivity index is 1.68. The number of aliphatic hydroxyl groups excluding tert-OH is 2. The van der Waals surface area contributed by atoms with Crippen LogP contribution < -0.4 is 5.32 Å². The monoisotopic (exact) mass is 331 g/mol. The van der Waals surface area contributed by atoms with Crippen LogP contribution in [-0.2, 0) is 11.3 Å². The lowest BCUT2D eigenvalue weighted by atomic mass is 10.1. The molecule has 3 N–H and O–H groups in total. The topological polar surface area (TPSA) is 105 Å². The molecule has 0 aliphatic heterocycles. The van der Waals surface area contributed by atoms with Crippen molar-refractivity contribution in [3.63, 3.8) is 0 Å². The number of benzene rings is 1. The van der Waals surface area contributed by atoms with E-state index in [4.69, 9.17) is 4.74 Å². The van der Waals surface area contributed by atoms with E-state index in [1.165, 1.54) is 12.4 Å². The van der Waals surface area contributed by atoms with E-state index in [-0.39, 0.29) is 19.6 Å². The van der Waals surface area contributed by atoms with Crippen LogP contribution in [0.25, 0.3) is 0 Å². The van der Waals surface area contributed by atoms with Gasteiger partial charge in [-0.25, -0.2) is 14.8 Å². The molecule has 1 aromatic carbocycles. The number of hydrogen-bond acceptors (Lipinski definition) is 6. The van der Waals surface area contributed by atoms with Crippen molar-refractivity contribution in [2.75, 3.05) is 6.54 Å². The van der Waals surface area contributed by atoms with Crippen molar-refractivity contribution in [1.82, 2.24) is 15.3 Å². The Kier molecular flexibility index (Phi) is 6.65. The molecule has 7 nitrogen and oxygen atoms in total. The van der Waals surface area contributed by atoms with Gasteiger partial charge in [0.15, 0.2) is 0 Å². The van der Waals surface area contributed by atoms with Gasteiger partial charge in [0.05, 0.1) is 6.10 Å². The van der Waals surface area contributed by atoms with Gasteiger partial charge in [0.25, 0.3) is 0 Å². The van der Waals surface area contributed by atoms with Gasteiger partial charge in [-0.3, -0.25) is 0 Å². The first kappa shape index (κ1) is 17.8. The third-order valence-electron chi connectivity index (χ3n) is 3.43. The van der Waals surface area contributed by atoms with Crippen molar-refractivity contribution in [3.05, 3.63) is 59.7 Å². The first-order valence-electron chi connectivity index (χ1n) is 7.65. The normalized spacial score (nSPS) is 13.1. The Bertz CT molecular complexity index is 634. The van der Waals surface area contributed by atoms with Gasteiger partial charge in [-0.2, -0.15) is 0 Å². The maximum absolute atomic E-state index is 11.6. The van der Waals surface area contributed by atoms with Crippen LogP contribution in [0, 0.1) is 6.92 Å². The number of nitrogens with zero attached hydrogens (tertiary/aromatic N) is 2. The molecule has 0 aliphatic rings. The number of ether oxygens (including phenoxy) is 1. The summed E-state index contributed by atoms with van der Waals surface area (Å²) in [6.45, 7) is 2.09. The van der Waals surface area contributed by atoms with Crippen LogP contribution in [-0.4, -0.2) is 38.9 Å². The summed E-state index contributed by atoms with van der Waals surface area (Å²) in [5, 5.41) is 22.5. The largest absolute Gasteiger partial charge is 0.445 e. The highest BCUT2D eigenvalue weighted by Crippen LogP contribution is 2.17. The van der Waals surface area contributed by atoms with Crippen molar-refractivity contribution in [1.29, 1.82) is 0 Å². The number of aryl methyl sites for hydroxylation is 1. The molecule has 128 valence electrons. The number of nitrogens with one attached hydrogen (secondary N) is 1. The Morgan fingerprint density at radius 2 is 1.88 bits per heavy atom. The van der Waals surface area contributed by atoms with Gasteiger partial charge in [0.1, 0.15) is 18.5 Å². The van der Waals surface area contributed by atoms with Gasteiger partial charge in [-0.05, 0) is 18.9 Å². The van der Waals surface area contributed by atoms with Crippen LogP contribution in [0.1, 0.15) is 29.5 Å². The van der Waals surface area contributed by atoms with Crippen molar-refractivity contribution < 1.29 is 19.7 Å². The van der Waals surface area contributed by atoms with Gasteiger partial charge in [0, 0.05) is 24.5 Å². The number of hydrogen-bond donors (Lipinski definition) is 3. The molecule has 1 heterocycles. The predicted molar refractivity (Wildman–Crippen MR) is 87.0 cm³/mol. The van der Waals surface area contributed by atoms with E-state index in [2.05, 4.69) is 15.3 Å². The van der Waals surface area contributed by atoms with Crippen LogP contribution >= 0.6 is 0 Å². The lowest BCUT2D eigenvalue weighted by Gasteiger charge is -2.17. The molecule has 2 rings (SSSR count). The minimum atomic E-state index is -1.10. The van der Waals surface area contributed by atoms with E-state index in [0.717, 1.165) is 5.56 Å². The fourth-order valence-electron chi connectivity index (χ4n) is 2.03. The minimum Gasteiger partial charge on any atom is -0.445 e. The van der Waals surface area contributed by atoms with Gasteiger partial charge in [-0.1, -0.05) is 30.3 Å². The van der Waals surface area contributed by atoms with E-state index >= 15 is 0 Å². The second-order valence-electron chi connectivity index (χ2n) is 5.35. The second-order valence-corrected chi connectivity index (χ2v) is 5.35. The second kappa shape index (κ2) is 8.95. The molecule has 24 heavy (non-hydrogen) atoms. The molecule has 2 unspecified atom stereocenters. The van der Waals surface area contributed by atoms with Crippen molar-refractivity contribution in [2.45, 2.75) is 32.2 Å². The molecule has 0 saturated heterocycles. The van der Waals surface area contributed by atoms with Crippen molar-refractivity contribution in [2.24, 2.45) is 0 Å². The molecule has 1 aromatic heterocycles. The zero-order chi connectivity index (χ0) is 17.4. The smallest absolute Gasteiger partial charge is 0.407 e. The van der Waals surface area contributed by atoms with Crippen LogP contribution in [0.4, 0.5) is 4.79 Å². The van der Waals surface area contributed by atoms with Crippen molar-refractivity contribution in [3.8, 4) is 0 Å². The molecule has 0 saturated carbocycles. The molecule has 0 aliphatic carbocycles. The maximum atomic E-state index is 11.6. The summed E-state index contributed by atoms with van der Waals surface area (Å²) in [7, 11) is 0. The summed E-state index contributed by atoms with van der Waals surface area (Å²) in [5.41, 5.74) is 1.32. The van der Waals surface area contributed by atoms with Crippen LogP contribution in [0.3, 0.4) is 0 Å². The van der Waals surface area contributed by atoms with E-state index < -0.39 is 18.3 Å². The van der Waals surface area contributed by atoms with E-state index in [9.17, 15) is 15.0 Å². The van der Waals surface area contributed by atoms with Crippen LogP contribution in [0.2, 0.25) is 0 Å². The Morgan fingerprint density at radius 1 is 1.21 bits per heavy atom. The molecule has 7 heteroatoms. The molecule has 2 atom stereocenters. The molecule has 1 amide bonds. The summed E-state index contributed by atoms with van der Waals surface area (Å²) in [5.74, 6) is 0.586. The molecule has 0 bridgehead atoms. The van der Waals surface area contributed by atoms with Crippen LogP contribution in [0.5, 0.6) is 0 Å². The van der Waals surface area contributed by atoms with Gasteiger partial charge >= 0.3 is 6.09 Å². The number of alkyl carbamates (subject to hydrolysis) is 1. The summed E-state index contributed by atoms with van der Waals surface area (Å²) < 4.78 is 5.05. The quantitative estimate of drug-likeness (QED) is 0.710. The van der Waals surface area contributed by atoms with Crippen LogP contribution in [0.15, 0.2) is 42.7 Å². The van der Waals surface area contributed by atoms with Gasteiger partial charge < -0.3 is 20.3 Å². The first-order chi connectivity index (χ1) is 11.6. The lowest BCUT2D eigenvalue weighted by molar-refractivity contribution is 0.0132. The summed E-state index contributed by atoms with van der Waals surface area (Å²) in [6.07, 6.45) is 0.406. The molecular formula is C17H21N3O4. The minimum absolute atomic E-state index is 0.176. The van der Waals surface area contributed by atoms with Gasteiger partial charge in [0.2, 0.25) is 0 Å². The number of carbonyl (C=O) groups is 1. The number of amides is 1. The van der Waals surface area contributed by atoms with Gasteiger partial charge in [-0.15, -0.1) is 0 Å². The molecule has 0 spiro atoms. The fraction of sp³-hybridized carbons (Fsp3) is 0.353. The Morgan fingerprint density at radius 3 is 2.54 bits per heavy atom. The van der Waals surface area contributed by atoms with E-state index in [0.29, 0.717) is 11.4 Å². The zero-order valence-corrected chi connectivity index (χ0v) is 13.4. The zero-order valence-electron chi connectivity index (χ0n) is 13.4. The number of rotatable bonds is 7. The SMILES string of the molecule is Cc1ncc(C(O)C(O)CCNC(=O)OCc2ccccc2)cn1. The highest BCUT2D eigenvalue weighted by Gasteiger charge is 2.19. The summed E-state index contributed by atoms with van der Waals surface area (Å²) >= 11 is 0. The third kappa shape index (κ3) is 5.60. The molecule has 2 aromatic rings. The van der Waals surface area contributed by atoms with E-state index in [1.54, 1.807) is 6.92 Å². The lowest BCUT2D eigenvalue weighted by Crippen LogP contribution is -2.29.